The summed E-state index contributed by atoms with van der Waals surface area (Å²) in [6.45, 7) is 14.6. The van der Waals surface area contributed by atoms with Crippen molar-refractivity contribution in [3.63, 3.8) is 0 Å². The maximum Gasteiger partial charge on any atom is 0.228 e. The van der Waals surface area contributed by atoms with Gasteiger partial charge in [0.1, 0.15) is 0 Å². The number of nitrogens with one attached hydrogen (secondary N) is 1. The van der Waals surface area contributed by atoms with E-state index in [1.54, 1.807) is 0 Å². The number of carbonyl (C=O) groups is 2. The van der Waals surface area contributed by atoms with Crippen molar-refractivity contribution in [1.29, 1.82) is 0 Å². The van der Waals surface area contributed by atoms with Crippen LogP contribution in [0.1, 0.15) is 66.9 Å². The molecule has 1 N–H and O–H groups in total. The van der Waals surface area contributed by atoms with Crippen molar-refractivity contribution in [1.82, 2.24) is 4.90 Å². The minimum absolute atomic E-state index is 0.0168. The lowest BCUT2D eigenvalue weighted by Crippen LogP contribution is -2.44. The number of nitrogens with zero attached hydrogens (tertiary/aromatic N) is 2. The fraction of sp³-hybridized carbons (Fsp3) is 0.652. The molecule has 0 saturated carbocycles. The lowest BCUT2D eigenvalue weighted by Gasteiger charge is -2.35. The zero-order valence-electron chi connectivity index (χ0n) is 19.2. The van der Waals surface area contributed by atoms with Gasteiger partial charge in [0.15, 0.2) is 0 Å². The van der Waals surface area contributed by atoms with Gasteiger partial charge >= 0.3 is 0 Å². The molecule has 0 heterocycles. The second-order valence-corrected chi connectivity index (χ2v) is 9.32. The molecule has 0 spiro atoms. The van der Waals surface area contributed by atoms with E-state index in [4.69, 9.17) is 0 Å². The summed E-state index contributed by atoms with van der Waals surface area (Å²) < 4.78 is 0. The first-order chi connectivity index (χ1) is 12.9. The largest absolute Gasteiger partial charge is 0.377 e. The minimum Gasteiger partial charge on any atom is -0.377 e. The number of carbonyl (C=O) groups excluding carboxylic acids is 2. The van der Waals surface area contributed by atoms with Gasteiger partial charge in [0.2, 0.25) is 11.8 Å². The summed E-state index contributed by atoms with van der Waals surface area (Å²) in [5.41, 5.74) is 2.42. The number of amides is 2. The van der Waals surface area contributed by atoms with E-state index in [2.05, 4.69) is 19.2 Å². The molecule has 0 radical (unpaired) electrons. The number of hydrogen-bond acceptors (Lipinski definition) is 3. The summed E-state index contributed by atoms with van der Waals surface area (Å²) in [5.74, 6) is 0.467. The Morgan fingerprint density at radius 2 is 1.71 bits per heavy atom. The van der Waals surface area contributed by atoms with Crippen LogP contribution in [-0.2, 0) is 16.1 Å². The van der Waals surface area contributed by atoms with Crippen molar-refractivity contribution in [2.75, 3.05) is 24.3 Å². The van der Waals surface area contributed by atoms with Crippen molar-refractivity contribution in [2.45, 2.75) is 73.9 Å². The molecule has 1 aromatic carbocycles. The second-order valence-electron chi connectivity index (χ2n) is 9.32. The molecule has 158 valence electrons. The maximum absolute atomic E-state index is 13.1. The van der Waals surface area contributed by atoms with E-state index in [9.17, 15) is 9.59 Å². The van der Waals surface area contributed by atoms with Crippen molar-refractivity contribution >= 4 is 23.2 Å². The highest BCUT2D eigenvalue weighted by molar-refractivity contribution is 5.91. The molecular weight excluding hydrogens is 350 g/mol. The highest BCUT2D eigenvalue weighted by Gasteiger charge is 2.30. The molecule has 1 rings (SSSR count). The molecule has 0 fully saturated rings. The molecule has 0 aliphatic heterocycles. The predicted octanol–water partition coefficient (Wildman–Crippen LogP) is 4.91. The summed E-state index contributed by atoms with van der Waals surface area (Å²) in [5, 5.41) is 2.99. The third-order valence-electron chi connectivity index (χ3n) is 4.80. The lowest BCUT2D eigenvalue weighted by molar-refractivity contribution is -0.142. The molecule has 5 nitrogen and oxygen atoms in total. The van der Waals surface area contributed by atoms with Crippen molar-refractivity contribution < 1.29 is 9.59 Å². The number of rotatable bonds is 8. The van der Waals surface area contributed by atoms with Gasteiger partial charge in [-0.1, -0.05) is 41.5 Å². The molecular formula is C23H39N3O2. The van der Waals surface area contributed by atoms with Crippen molar-refractivity contribution in [2.24, 2.45) is 11.3 Å². The van der Waals surface area contributed by atoms with Gasteiger partial charge in [-0.3, -0.25) is 9.59 Å². The van der Waals surface area contributed by atoms with Gasteiger partial charge in [0.25, 0.3) is 0 Å². The number of hydrogen-bond donors (Lipinski definition) is 1. The Kier molecular flexibility index (Phi) is 8.52. The van der Waals surface area contributed by atoms with E-state index in [1.807, 2.05) is 76.7 Å². The van der Waals surface area contributed by atoms with Gasteiger partial charge in [-0.15, -0.1) is 0 Å². The van der Waals surface area contributed by atoms with Gasteiger partial charge in [-0.05, 0) is 43.0 Å². The van der Waals surface area contributed by atoms with Crippen LogP contribution in [-0.4, -0.2) is 36.9 Å². The molecule has 0 bridgehead atoms. The normalized spacial score (nSPS) is 12.6. The van der Waals surface area contributed by atoms with Gasteiger partial charge in [-0.2, -0.15) is 0 Å². The molecule has 2 amide bonds. The van der Waals surface area contributed by atoms with Crippen molar-refractivity contribution in [3.8, 4) is 0 Å². The monoisotopic (exact) mass is 389 g/mol. The maximum atomic E-state index is 13.1. The van der Waals surface area contributed by atoms with Crippen LogP contribution < -0.4 is 10.2 Å². The third-order valence-corrected chi connectivity index (χ3v) is 4.80. The van der Waals surface area contributed by atoms with E-state index in [0.29, 0.717) is 18.9 Å². The van der Waals surface area contributed by atoms with Gasteiger partial charge in [0, 0.05) is 49.9 Å². The van der Waals surface area contributed by atoms with Gasteiger partial charge in [0.05, 0.1) is 0 Å². The summed E-state index contributed by atoms with van der Waals surface area (Å²) in [6.07, 6.45) is 1.39. The quantitative estimate of drug-likeness (QED) is 0.687. The zero-order valence-corrected chi connectivity index (χ0v) is 19.2. The van der Waals surface area contributed by atoms with Crippen molar-refractivity contribution in [3.05, 3.63) is 23.8 Å². The molecule has 1 atom stereocenters. The van der Waals surface area contributed by atoms with Crippen LogP contribution in [0.3, 0.4) is 0 Å². The predicted molar refractivity (Wildman–Crippen MR) is 119 cm³/mol. The molecule has 0 aliphatic carbocycles. The number of benzene rings is 1. The Labute approximate surface area is 171 Å². The Hall–Kier alpha value is -2.04. The van der Waals surface area contributed by atoms with Crippen LogP contribution in [0.2, 0.25) is 0 Å². The highest BCUT2D eigenvalue weighted by atomic mass is 16.2. The molecule has 0 saturated heterocycles. The highest BCUT2D eigenvalue weighted by Crippen LogP contribution is 2.28. The number of anilines is 2. The Morgan fingerprint density at radius 3 is 2.18 bits per heavy atom. The standard InChI is InChI=1S/C23H39N3O2/c1-10-17(4)26(22(28)23(5,6)7)15-18-14-19(11-12-20(18)25(8)9)24-21(27)13-16(2)3/h11-12,14,16-17H,10,13,15H2,1-9H3,(H,24,27)/t17-/m1/s1. The van der Waals surface area contributed by atoms with Crippen LogP contribution in [0.4, 0.5) is 11.4 Å². The average molecular weight is 390 g/mol. The van der Waals surface area contributed by atoms with Crippen LogP contribution in [0.25, 0.3) is 0 Å². The van der Waals surface area contributed by atoms with Gasteiger partial charge in [-0.25, -0.2) is 0 Å². The molecule has 5 heteroatoms. The average Bonchev–Trinajstić information content (AvgIpc) is 2.56. The lowest BCUT2D eigenvalue weighted by atomic mass is 9.93. The molecule has 1 aromatic rings. The summed E-state index contributed by atoms with van der Waals surface area (Å²) in [7, 11) is 3.99. The van der Waals surface area contributed by atoms with Crippen LogP contribution >= 0.6 is 0 Å². The van der Waals surface area contributed by atoms with E-state index in [0.717, 1.165) is 23.4 Å². The fourth-order valence-corrected chi connectivity index (χ4v) is 3.07. The van der Waals surface area contributed by atoms with E-state index in [-0.39, 0.29) is 17.9 Å². The third kappa shape index (κ3) is 6.84. The van der Waals surface area contributed by atoms with E-state index >= 15 is 0 Å². The first-order valence-corrected chi connectivity index (χ1v) is 10.3. The summed E-state index contributed by atoms with van der Waals surface area (Å²) in [4.78, 5) is 29.3. The van der Waals surface area contributed by atoms with E-state index < -0.39 is 5.41 Å². The topological polar surface area (TPSA) is 52.7 Å². The zero-order chi connectivity index (χ0) is 21.6. The SMILES string of the molecule is CC[C@@H](C)N(Cc1cc(NC(=O)CC(C)C)ccc1N(C)C)C(=O)C(C)(C)C. The first kappa shape index (κ1) is 24.0. The smallest absolute Gasteiger partial charge is 0.228 e. The molecule has 0 aliphatic rings. The summed E-state index contributed by atoms with van der Waals surface area (Å²) >= 11 is 0. The summed E-state index contributed by atoms with van der Waals surface area (Å²) in [6, 6.07) is 6.08. The Bertz CT molecular complexity index is 675. The molecule has 0 unspecified atom stereocenters. The van der Waals surface area contributed by atoms with Crippen LogP contribution in [0, 0.1) is 11.3 Å². The van der Waals surface area contributed by atoms with E-state index in [1.165, 1.54) is 0 Å². The fourth-order valence-electron chi connectivity index (χ4n) is 3.07. The Balaban J connectivity index is 3.24. The van der Waals surface area contributed by atoms with Crippen LogP contribution in [0.5, 0.6) is 0 Å². The Morgan fingerprint density at radius 1 is 1.11 bits per heavy atom. The first-order valence-electron chi connectivity index (χ1n) is 10.3. The molecule has 28 heavy (non-hydrogen) atoms. The van der Waals surface area contributed by atoms with Gasteiger partial charge < -0.3 is 15.1 Å². The second kappa shape index (κ2) is 9.94. The molecule has 0 aromatic heterocycles. The van der Waals surface area contributed by atoms with Crippen LogP contribution in [0.15, 0.2) is 18.2 Å². The minimum atomic E-state index is -0.440.